The molecule has 1 heterocycles. The lowest BCUT2D eigenvalue weighted by Gasteiger charge is -2.19. The second-order valence-electron chi connectivity index (χ2n) is 3.78. The minimum absolute atomic E-state index is 0.460. The van der Waals surface area contributed by atoms with Gasteiger partial charge in [0.2, 0.25) is 0 Å². The van der Waals surface area contributed by atoms with Crippen molar-refractivity contribution in [2.24, 2.45) is 0 Å². The first-order chi connectivity index (χ1) is 7.88. The van der Waals surface area contributed by atoms with E-state index in [-0.39, 0.29) is 0 Å². The zero-order valence-corrected chi connectivity index (χ0v) is 8.59. The van der Waals surface area contributed by atoms with E-state index in [1.165, 1.54) is 0 Å². The van der Waals surface area contributed by atoms with Crippen molar-refractivity contribution in [2.45, 2.75) is 6.10 Å². The Hall–Kier alpha value is -2.09. The Morgan fingerprint density at radius 3 is 2.88 bits per heavy atom. The van der Waals surface area contributed by atoms with Crippen LogP contribution in [0.2, 0.25) is 0 Å². The summed E-state index contributed by atoms with van der Waals surface area (Å²) in [5.74, 6) is 0.803. The Labute approximate surface area is 93.2 Å². The van der Waals surface area contributed by atoms with Crippen LogP contribution in [0.15, 0.2) is 42.5 Å². The van der Waals surface area contributed by atoms with Crippen molar-refractivity contribution >= 4 is 23.1 Å². The number of hydrogen-bond donors (Lipinski definition) is 0. The molecule has 0 aliphatic carbocycles. The fourth-order valence-corrected chi connectivity index (χ4v) is 1.97. The Balaban J connectivity index is 2.27. The van der Waals surface area contributed by atoms with E-state index in [0.717, 1.165) is 28.4 Å². The molecule has 0 saturated carbocycles. The van der Waals surface area contributed by atoms with Gasteiger partial charge in [-0.15, -0.1) is 0 Å². The van der Waals surface area contributed by atoms with Crippen molar-refractivity contribution < 1.29 is 9.53 Å². The Morgan fingerprint density at radius 2 is 2.00 bits per heavy atom. The van der Waals surface area contributed by atoms with Gasteiger partial charge in [-0.3, -0.25) is 4.79 Å². The van der Waals surface area contributed by atoms with Gasteiger partial charge in [-0.1, -0.05) is 42.5 Å². The number of hydrogen-bond acceptors (Lipinski definition) is 2. The van der Waals surface area contributed by atoms with E-state index in [1.54, 1.807) is 6.08 Å². The third-order valence-electron chi connectivity index (χ3n) is 2.76. The largest absolute Gasteiger partial charge is 0.478 e. The fourth-order valence-electron chi connectivity index (χ4n) is 1.97. The van der Waals surface area contributed by atoms with E-state index in [9.17, 15) is 4.79 Å². The number of aldehydes is 1. The molecule has 0 saturated heterocycles. The average Bonchev–Trinajstić information content (AvgIpc) is 2.38. The van der Waals surface area contributed by atoms with Crippen molar-refractivity contribution in [3.8, 4) is 5.75 Å². The van der Waals surface area contributed by atoms with Crippen LogP contribution in [-0.4, -0.2) is 12.4 Å². The van der Waals surface area contributed by atoms with E-state index >= 15 is 0 Å². The van der Waals surface area contributed by atoms with Gasteiger partial charge in [-0.25, -0.2) is 0 Å². The SMILES string of the molecule is O=CC1C=Cc2ccc3ccccc3c2O1. The van der Waals surface area contributed by atoms with E-state index in [2.05, 4.69) is 6.07 Å². The molecule has 2 aromatic carbocycles. The topological polar surface area (TPSA) is 26.3 Å². The molecule has 0 aromatic heterocycles. The van der Waals surface area contributed by atoms with Crippen LogP contribution in [-0.2, 0) is 4.79 Å². The van der Waals surface area contributed by atoms with Gasteiger partial charge in [0.15, 0.2) is 12.4 Å². The van der Waals surface area contributed by atoms with Crippen LogP contribution in [0.4, 0.5) is 0 Å². The molecule has 2 heteroatoms. The van der Waals surface area contributed by atoms with Crippen LogP contribution in [0, 0.1) is 0 Å². The third-order valence-corrected chi connectivity index (χ3v) is 2.76. The summed E-state index contributed by atoms with van der Waals surface area (Å²) in [6.07, 6.45) is 4.05. The zero-order chi connectivity index (χ0) is 11.0. The normalized spacial score (nSPS) is 17.9. The fraction of sp³-hybridized carbons (Fsp3) is 0.0714. The smallest absolute Gasteiger partial charge is 0.172 e. The average molecular weight is 210 g/mol. The minimum Gasteiger partial charge on any atom is -0.478 e. The summed E-state index contributed by atoms with van der Waals surface area (Å²) < 4.78 is 5.64. The van der Waals surface area contributed by atoms with Crippen molar-refractivity contribution in [1.29, 1.82) is 0 Å². The van der Waals surface area contributed by atoms with Gasteiger partial charge in [0, 0.05) is 10.9 Å². The molecule has 1 aliphatic rings. The molecule has 16 heavy (non-hydrogen) atoms. The summed E-state index contributed by atoms with van der Waals surface area (Å²) >= 11 is 0. The molecule has 1 atom stereocenters. The van der Waals surface area contributed by atoms with E-state index < -0.39 is 6.10 Å². The maximum Gasteiger partial charge on any atom is 0.172 e. The second kappa shape index (κ2) is 3.49. The molecule has 0 N–H and O–H groups in total. The zero-order valence-electron chi connectivity index (χ0n) is 8.59. The summed E-state index contributed by atoms with van der Waals surface area (Å²) in [6, 6.07) is 12.1. The van der Waals surface area contributed by atoms with Crippen LogP contribution in [0.3, 0.4) is 0 Å². The molecule has 2 nitrogen and oxygen atoms in total. The highest BCUT2D eigenvalue weighted by Crippen LogP contribution is 2.33. The number of fused-ring (bicyclic) bond motifs is 3. The van der Waals surface area contributed by atoms with Crippen LogP contribution in [0.5, 0.6) is 5.75 Å². The molecule has 1 aliphatic heterocycles. The molecule has 3 rings (SSSR count). The van der Waals surface area contributed by atoms with Crippen molar-refractivity contribution in [2.75, 3.05) is 0 Å². The first kappa shape index (κ1) is 9.16. The first-order valence-corrected chi connectivity index (χ1v) is 5.20. The summed E-state index contributed by atoms with van der Waals surface area (Å²) in [7, 11) is 0. The summed E-state index contributed by atoms with van der Waals surface area (Å²) in [4.78, 5) is 10.7. The molecule has 0 spiro atoms. The highest BCUT2D eigenvalue weighted by Gasteiger charge is 2.15. The second-order valence-corrected chi connectivity index (χ2v) is 3.78. The maximum atomic E-state index is 10.7. The van der Waals surface area contributed by atoms with Crippen LogP contribution < -0.4 is 4.74 Å². The summed E-state index contributed by atoms with van der Waals surface area (Å²) in [5, 5.41) is 2.18. The lowest BCUT2D eigenvalue weighted by Crippen LogP contribution is -2.18. The van der Waals surface area contributed by atoms with Gasteiger partial charge in [-0.05, 0) is 11.5 Å². The molecular weight excluding hydrogens is 200 g/mol. The Morgan fingerprint density at radius 1 is 1.12 bits per heavy atom. The number of carbonyl (C=O) groups is 1. The van der Waals surface area contributed by atoms with Gasteiger partial charge in [0.1, 0.15) is 5.75 Å². The predicted molar refractivity (Wildman–Crippen MR) is 63.5 cm³/mol. The van der Waals surface area contributed by atoms with Gasteiger partial charge in [0.05, 0.1) is 0 Å². The minimum atomic E-state index is -0.460. The Kier molecular flexibility index (Phi) is 2.00. The van der Waals surface area contributed by atoms with Crippen molar-refractivity contribution in [1.82, 2.24) is 0 Å². The molecular formula is C14H10O2. The summed E-state index contributed by atoms with van der Waals surface area (Å²) in [6.45, 7) is 0. The molecule has 0 radical (unpaired) electrons. The monoisotopic (exact) mass is 210 g/mol. The highest BCUT2D eigenvalue weighted by atomic mass is 16.5. The lowest BCUT2D eigenvalue weighted by atomic mass is 10.0. The van der Waals surface area contributed by atoms with Crippen LogP contribution in [0.25, 0.3) is 16.8 Å². The van der Waals surface area contributed by atoms with Gasteiger partial charge >= 0.3 is 0 Å². The number of carbonyl (C=O) groups excluding carboxylic acids is 1. The number of rotatable bonds is 1. The van der Waals surface area contributed by atoms with E-state index in [0.29, 0.717) is 0 Å². The van der Waals surface area contributed by atoms with Crippen LogP contribution in [0.1, 0.15) is 5.56 Å². The molecule has 0 amide bonds. The molecule has 2 aromatic rings. The van der Waals surface area contributed by atoms with Gasteiger partial charge in [-0.2, -0.15) is 0 Å². The Bertz CT molecular complexity index is 584. The summed E-state index contributed by atoms with van der Waals surface area (Å²) in [5.41, 5.74) is 1.02. The predicted octanol–water partition coefficient (Wildman–Crippen LogP) is 2.81. The quantitative estimate of drug-likeness (QED) is 0.676. The lowest BCUT2D eigenvalue weighted by molar-refractivity contribution is -0.112. The maximum absolute atomic E-state index is 10.7. The molecule has 78 valence electrons. The molecule has 0 fully saturated rings. The number of benzene rings is 2. The van der Waals surface area contributed by atoms with E-state index in [4.69, 9.17) is 4.74 Å². The van der Waals surface area contributed by atoms with Crippen molar-refractivity contribution in [3.05, 3.63) is 48.0 Å². The molecule has 0 bridgehead atoms. The van der Waals surface area contributed by atoms with Gasteiger partial charge < -0.3 is 4.74 Å². The highest BCUT2D eigenvalue weighted by molar-refractivity contribution is 5.92. The van der Waals surface area contributed by atoms with Gasteiger partial charge in [0.25, 0.3) is 0 Å². The van der Waals surface area contributed by atoms with Crippen molar-refractivity contribution in [3.63, 3.8) is 0 Å². The van der Waals surface area contributed by atoms with Crippen LogP contribution >= 0.6 is 0 Å². The van der Waals surface area contributed by atoms with E-state index in [1.807, 2.05) is 36.4 Å². The molecule has 1 unspecified atom stereocenters. The number of ether oxygens (including phenoxy) is 1. The first-order valence-electron chi connectivity index (χ1n) is 5.20. The standard InChI is InChI=1S/C14H10O2/c15-9-12-8-7-11-6-5-10-3-1-2-4-13(10)14(11)16-12/h1-9,12H. The third kappa shape index (κ3) is 1.31.